The van der Waals surface area contributed by atoms with Gasteiger partial charge in [0.1, 0.15) is 0 Å². The summed E-state index contributed by atoms with van der Waals surface area (Å²) in [6.45, 7) is 3.98. The summed E-state index contributed by atoms with van der Waals surface area (Å²) in [4.78, 5) is 24.6. The number of hydrogen-bond donors (Lipinski definition) is 2. The zero-order valence-electron chi connectivity index (χ0n) is 13.4. The Hall–Kier alpha value is -2.67. The number of hydroxylamine groups is 1. The molecule has 4 rings (SSSR count). The zero-order valence-corrected chi connectivity index (χ0v) is 13.4. The van der Waals surface area contributed by atoms with E-state index in [-0.39, 0.29) is 5.56 Å². The molecule has 2 aromatic rings. The normalized spacial score (nSPS) is 22.1. The lowest BCUT2D eigenvalue weighted by Crippen LogP contribution is -2.47. The first-order valence-corrected chi connectivity index (χ1v) is 8.03. The highest BCUT2D eigenvalue weighted by Gasteiger charge is 2.44. The second-order valence-corrected chi connectivity index (χ2v) is 6.35. The number of anilines is 2. The zero-order chi connectivity index (χ0) is 16.7. The first-order chi connectivity index (χ1) is 11.7. The van der Waals surface area contributed by atoms with Crippen LogP contribution in [-0.2, 0) is 0 Å². The second kappa shape index (κ2) is 5.76. The summed E-state index contributed by atoms with van der Waals surface area (Å²) in [6, 6.07) is 9.32. The number of aryl methyl sites for hydroxylation is 1. The smallest absolute Gasteiger partial charge is 0.277 e. The van der Waals surface area contributed by atoms with Gasteiger partial charge in [0, 0.05) is 37.2 Å². The van der Waals surface area contributed by atoms with E-state index in [0.29, 0.717) is 18.0 Å². The first kappa shape index (κ1) is 14.9. The molecule has 3 heterocycles. The third kappa shape index (κ3) is 2.37. The molecule has 1 aromatic heterocycles. The van der Waals surface area contributed by atoms with Gasteiger partial charge in [-0.15, -0.1) is 0 Å². The van der Waals surface area contributed by atoms with Crippen molar-refractivity contribution in [1.29, 1.82) is 0 Å². The monoisotopic (exact) mass is 325 g/mol. The van der Waals surface area contributed by atoms with Crippen LogP contribution in [0.1, 0.15) is 22.3 Å². The van der Waals surface area contributed by atoms with E-state index in [1.165, 1.54) is 23.6 Å². The second-order valence-electron chi connectivity index (χ2n) is 6.35. The van der Waals surface area contributed by atoms with Crippen LogP contribution in [-0.4, -0.2) is 46.3 Å². The van der Waals surface area contributed by atoms with Crippen LogP contribution in [0.2, 0.25) is 0 Å². The Bertz CT molecular complexity index is 764. The van der Waals surface area contributed by atoms with Crippen molar-refractivity contribution in [3.05, 3.63) is 47.8 Å². The molecule has 2 fully saturated rings. The van der Waals surface area contributed by atoms with Crippen molar-refractivity contribution in [2.24, 2.45) is 0 Å². The van der Waals surface area contributed by atoms with Crippen molar-refractivity contribution >= 4 is 17.5 Å². The van der Waals surface area contributed by atoms with Gasteiger partial charge < -0.3 is 9.80 Å². The quantitative estimate of drug-likeness (QED) is 0.655. The van der Waals surface area contributed by atoms with Crippen LogP contribution in [0.4, 0.5) is 11.6 Å². The van der Waals surface area contributed by atoms with E-state index in [0.717, 1.165) is 19.5 Å². The number of piperazine rings is 1. The molecule has 2 aliphatic rings. The molecule has 0 aliphatic carbocycles. The molecule has 7 nitrogen and oxygen atoms in total. The number of aromatic nitrogens is 2. The number of nitrogens with zero attached hydrogens (tertiary/aromatic N) is 4. The van der Waals surface area contributed by atoms with Crippen molar-refractivity contribution in [3.63, 3.8) is 0 Å². The number of carbonyl (C=O) groups excluding carboxylic acids is 1. The fourth-order valence-corrected chi connectivity index (χ4v) is 3.74. The van der Waals surface area contributed by atoms with E-state index >= 15 is 0 Å². The van der Waals surface area contributed by atoms with Crippen molar-refractivity contribution in [2.75, 3.05) is 22.9 Å². The third-order valence-corrected chi connectivity index (χ3v) is 4.92. The minimum Gasteiger partial charge on any atom is -0.364 e. The van der Waals surface area contributed by atoms with E-state index in [1.54, 1.807) is 5.48 Å². The van der Waals surface area contributed by atoms with E-state index in [4.69, 9.17) is 5.21 Å². The number of para-hydroxylation sites is 1. The highest BCUT2D eigenvalue weighted by atomic mass is 16.5. The summed E-state index contributed by atoms with van der Waals surface area (Å²) >= 11 is 0. The van der Waals surface area contributed by atoms with Gasteiger partial charge in [0.2, 0.25) is 5.95 Å². The van der Waals surface area contributed by atoms with Crippen LogP contribution < -0.4 is 15.3 Å². The Balaban J connectivity index is 1.50. The van der Waals surface area contributed by atoms with Gasteiger partial charge in [-0.05, 0) is 25.0 Å². The highest BCUT2D eigenvalue weighted by Crippen LogP contribution is 2.37. The molecule has 0 spiro atoms. The van der Waals surface area contributed by atoms with Crippen molar-refractivity contribution in [3.8, 4) is 0 Å². The predicted molar refractivity (Wildman–Crippen MR) is 89.3 cm³/mol. The first-order valence-electron chi connectivity index (χ1n) is 8.03. The molecule has 24 heavy (non-hydrogen) atoms. The van der Waals surface area contributed by atoms with E-state index < -0.39 is 5.91 Å². The van der Waals surface area contributed by atoms with Crippen molar-refractivity contribution in [2.45, 2.75) is 25.4 Å². The summed E-state index contributed by atoms with van der Waals surface area (Å²) < 4.78 is 0. The molecule has 0 saturated carbocycles. The maximum Gasteiger partial charge on any atom is 0.277 e. The summed E-state index contributed by atoms with van der Waals surface area (Å²) in [5, 5.41) is 8.64. The maximum absolute atomic E-state index is 11.3. The van der Waals surface area contributed by atoms with Gasteiger partial charge in [-0.2, -0.15) is 0 Å². The molecule has 2 N–H and O–H groups in total. The molecular weight excluding hydrogens is 306 g/mol. The van der Waals surface area contributed by atoms with Crippen LogP contribution in [0.3, 0.4) is 0 Å². The Morgan fingerprint density at radius 1 is 1.17 bits per heavy atom. The number of benzene rings is 1. The van der Waals surface area contributed by atoms with Crippen LogP contribution in [0.25, 0.3) is 0 Å². The topological polar surface area (TPSA) is 81.6 Å². The Morgan fingerprint density at radius 3 is 2.46 bits per heavy atom. The summed E-state index contributed by atoms with van der Waals surface area (Å²) in [7, 11) is 0. The number of rotatable bonds is 3. The molecule has 2 bridgehead atoms. The maximum atomic E-state index is 11.3. The molecule has 0 radical (unpaired) electrons. The van der Waals surface area contributed by atoms with Gasteiger partial charge >= 0.3 is 0 Å². The standard InChI is InChI=1S/C17H19N5O2/c1-11-4-2-3-5-15(11)21-9-14-6-13(21)10-22(14)17-18-7-12(8-19-17)16(23)20-24/h2-5,7-8,13-14,24H,6,9-10H2,1H3,(H,20,23)/t13-,14-/m0/s1. The van der Waals surface area contributed by atoms with Crippen molar-refractivity contribution in [1.82, 2.24) is 15.4 Å². The Labute approximate surface area is 139 Å². The molecule has 124 valence electrons. The van der Waals surface area contributed by atoms with Crippen LogP contribution in [0, 0.1) is 6.92 Å². The molecule has 1 aromatic carbocycles. The largest absolute Gasteiger partial charge is 0.364 e. The molecule has 2 atom stereocenters. The van der Waals surface area contributed by atoms with E-state index in [2.05, 4.69) is 51.0 Å². The number of hydrogen-bond acceptors (Lipinski definition) is 6. The molecular formula is C17H19N5O2. The minimum atomic E-state index is -0.602. The van der Waals surface area contributed by atoms with E-state index in [1.807, 2.05) is 0 Å². The van der Waals surface area contributed by atoms with Gasteiger partial charge in [0.25, 0.3) is 5.91 Å². The van der Waals surface area contributed by atoms with E-state index in [9.17, 15) is 4.79 Å². The fraction of sp³-hybridized carbons (Fsp3) is 0.353. The lowest BCUT2D eigenvalue weighted by molar-refractivity contribution is 0.0705. The number of fused-ring (bicyclic) bond motifs is 2. The van der Waals surface area contributed by atoms with Crippen LogP contribution >= 0.6 is 0 Å². The number of amides is 1. The van der Waals surface area contributed by atoms with Crippen LogP contribution in [0.5, 0.6) is 0 Å². The molecule has 2 aliphatic heterocycles. The SMILES string of the molecule is Cc1ccccc1N1C[C@@H]2C[C@H]1CN2c1ncc(C(=O)NO)cn1. The molecule has 2 saturated heterocycles. The van der Waals surface area contributed by atoms with Gasteiger partial charge in [-0.25, -0.2) is 15.4 Å². The van der Waals surface area contributed by atoms with Gasteiger partial charge in [0.15, 0.2) is 0 Å². The molecule has 1 amide bonds. The highest BCUT2D eigenvalue weighted by molar-refractivity contribution is 5.92. The average molecular weight is 325 g/mol. The summed E-state index contributed by atoms with van der Waals surface area (Å²) in [5.41, 5.74) is 4.43. The number of nitrogens with one attached hydrogen (secondary N) is 1. The molecule has 0 unspecified atom stereocenters. The Morgan fingerprint density at radius 2 is 1.83 bits per heavy atom. The average Bonchev–Trinajstić information content (AvgIpc) is 3.22. The molecule has 7 heteroatoms. The summed E-state index contributed by atoms with van der Waals surface area (Å²) in [5.74, 6) is 0.0386. The minimum absolute atomic E-state index is 0.243. The summed E-state index contributed by atoms with van der Waals surface area (Å²) in [6.07, 6.45) is 3.98. The lowest BCUT2D eigenvalue weighted by atomic mass is 10.1. The predicted octanol–water partition coefficient (Wildman–Crippen LogP) is 1.37. The third-order valence-electron chi connectivity index (χ3n) is 4.92. The van der Waals surface area contributed by atoms with Gasteiger partial charge in [-0.3, -0.25) is 10.0 Å². The lowest BCUT2D eigenvalue weighted by Gasteiger charge is -2.36. The van der Waals surface area contributed by atoms with Gasteiger partial charge in [0.05, 0.1) is 11.6 Å². The fourth-order valence-electron chi connectivity index (χ4n) is 3.74. The Kier molecular flexibility index (Phi) is 3.57. The van der Waals surface area contributed by atoms with Crippen LogP contribution in [0.15, 0.2) is 36.7 Å². The number of carbonyl (C=O) groups is 1. The van der Waals surface area contributed by atoms with Gasteiger partial charge in [-0.1, -0.05) is 18.2 Å². The van der Waals surface area contributed by atoms with Crippen molar-refractivity contribution < 1.29 is 10.0 Å².